The number of alkyl halides is 1. The maximum absolute atomic E-state index is 11.8. The van der Waals surface area contributed by atoms with Crippen LogP contribution in [0.3, 0.4) is 0 Å². The predicted octanol–water partition coefficient (Wildman–Crippen LogP) is 2.16. The van der Waals surface area contributed by atoms with E-state index in [1.54, 1.807) is 0 Å². The van der Waals surface area contributed by atoms with Crippen LogP contribution in [0.4, 0.5) is 4.39 Å². The van der Waals surface area contributed by atoms with Gasteiger partial charge in [-0.3, -0.25) is 4.39 Å². The molecule has 0 bridgehead atoms. The monoisotopic (exact) mass is 114 g/mol. The Morgan fingerprint density at radius 1 is 1.50 bits per heavy atom. The Hall–Kier alpha value is -0.0700. The fraction of sp³-hybridized carbons (Fsp3) is 0.714. The van der Waals surface area contributed by atoms with E-state index in [1.807, 2.05) is 0 Å². The van der Waals surface area contributed by atoms with Crippen molar-refractivity contribution in [2.24, 2.45) is 5.92 Å². The summed E-state index contributed by atoms with van der Waals surface area (Å²) in [5.74, 6) is 0.240. The first-order valence-corrected chi connectivity index (χ1v) is 3.14. The molecule has 0 aromatic carbocycles. The standard InChI is InChI=1S/C7H11F/c8-6-7-4-2-1-3-5-7/h2,5,7H,1,3-4,6H2. The summed E-state index contributed by atoms with van der Waals surface area (Å²) in [7, 11) is 0. The summed E-state index contributed by atoms with van der Waals surface area (Å²) >= 11 is 0. The van der Waals surface area contributed by atoms with Crippen LogP contribution in [0.15, 0.2) is 0 Å². The zero-order valence-electron chi connectivity index (χ0n) is 4.94. The number of halogens is 1. The maximum Gasteiger partial charge on any atom is 0.0925 e. The number of hydrogen-bond donors (Lipinski definition) is 0. The minimum Gasteiger partial charge on any atom is -0.251 e. The molecule has 1 aliphatic carbocycles. The lowest BCUT2D eigenvalue weighted by Gasteiger charge is -2.16. The van der Waals surface area contributed by atoms with Crippen LogP contribution < -0.4 is 0 Å². The summed E-state index contributed by atoms with van der Waals surface area (Å²) in [5.41, 5.74) is 0. The molecule has 1 saturated carbocycles. The Morgan fingerprint density at radius 3 is 2.75 bits per heavy atom. The van der Waals surface area contributed by atoms with Crippen LogP contribution in [0.5, 0.6) is 0 Å². The van der Waals surface area contributed by atoms with Crippen LogP contribution in [0.2, 0.25) is 0 Å². The summed E-state index contributed by atoms with van der Waals surface area (Å²) < 4.78 is 11.8. The van der Waals surface area contributed by atoms with Gasteiger partial charge < -0.3 is 0 Å². The van der Waals surface area contributed by atoms with Crippen LogP contribution in [0.25, 0.3) is 0 Å². The molecule has 1 aliphatic rings. The van der Waals surface area contributed by atoms with Crippen molar-refractivity contribution in [3.8, 4) is 0 Å². The quantitative estimate of drug-likeness (QED) is 0.490. The van der Waals surface area contributed by atoms with E-state index in [4.69, 9.17) is 0 Å². The second-order valence-corrected chi connectivity index (χ2v) is 2.25. The average molecular weight is 114 g/mol. The van der Waals surface area contributed by atoms with Gasteiger partial charge in [0.1, 0.15) is 0 Å². The van der Waals surface area contributed by atoms with Crippen molar-refractivity contribution >= 4 is 0 Å². The summed E-state index contributed by atoms with van der Waals surface area (Å²) in [6, 6.07) is 0. The van der Waals surface area contributed by atoms with E-state index in [0.29, 0.717) is 0 Å². The molecule has 8 heavy (non-hydrogen) atoms. The van der Waals surface area contributed by atoms with E-state index in [9.17, 15) is 4.39 Å². The van der Waals surface area contributed by atoms with Crippen LogP contribution in [0.1, 0.15) is 19.3 Å². The molecule has 46 valence electrons. The van der Waals surface area contributed by atoms with E-state index in [2.05, 4.69) is 12.8 Å². The molecule has 2 radical (unpaired) electrons. The van der Waals surface area contributed by atoms with Gasteiger partial charge in [0.15, 0.2) is 0 Å². The lowest BCUT2D eigenvalue weighted by Crippen LogP contribution is -2.08. The van der Waals surface area contributed by atoms with Crippen molar-refractivity contribution in [2.45, 2.75) is 19.3 Å². The van der Waals surface area contributed by atoms with Crippen molar-refractivity contribution < 1.29 is 4.39 Å². The Balaban J connectivity index is 2.13. The molecule has 0 N–H and O–H groups in total. The molecule has 1 heteroatoms. The van der Waals surface area contributed by atoms with Gasteiger partial charge in [-0.05, 0) is 38.0 Å². The molecule has 0 aromatic rings. The second kappa shape index (κ2) is 3.06. The average Bonchev–Trinajstić information content (AvgIpc) is 1.90. The SMILES string of the molecule is FCC1[CH]CC[CH]C1. The molecule has 0 heterocycles. The van der Waals surface area contributed by atoms with E-state index >= 15 is 0 Å². The minimum atomic E-state index is -0.170. The van der Waals surface area contributed by atoms with Crippen molar-refractivity contribution in [3.63, 3.8) is 0 Å². The van der Waals surface area contributed by atoms with Crippen LogP contribution in [-0.4, -0.2) is 6.67 Å². The van der Waals surface area contributed by atoms with Gasteiger partial charge in [-0.15, -0.1) is 0 Å². The van der Waals surface area contributed by atoms with Crippen LogP contribution >= 0.6 is 0 Å². The molecular weight excluding hydrogens is 103 g/mol. The highest BCUT2D eigenvalue weighted by molar-refractivity contribution is 4.88. The third-order valence-electron chi connectivity index (χ3n) is 1.54. The zero-order valence-corrected chi connectivity index (χ0v) is 4.94. The zero-order chi connectivity index (χ0) is 5.82. The highest BCUT2D eigenvalue weighted by Crippen LogP contribution is 2.21. The summed E-state index contributed by atoms with van der Waals surface area (Å²) in [5, 5.41) is 0. The lowest BCUT2D eigenvalue weighted by molar-refractivity contribution is 0.367. The van der Waals surface area contributed by atoms with Gasteiger partial charge in [0.2, 0.25) is 0 Å². The predicted molar refractivity (Wildman–Crippen MR) is 31.9 cm³/mol. The highest BCUT2D eigenvalue weighted by Gasteiger charge is 2.12. The summed E-state index contributed by atoms with van der Waals surface area (Å²) in [6.07, 6.45) is 7.44. The van der Waals surface area contributed by atoms with Crippen molar-refractivity contribution in [1.29, 1.82) is 0 Å². The molecule has 0 saturated heterocycles. The third kappa shape index (κ3) is 1.46. The molecule has 0 aromatic heterocycles. The molecule has 0 amide bonds. The maximum atomic E-state index is 11.8. The fourth-order valence-corrected chi connectivity index (χ4v) is 1.00. The first-order chi connectivity index (χ1) is 3.93. The number of rotatable bonds is 1. The van der Waals surface area contributed by atoms with Gasteiger partial charge in [0.05, 0.1) is 6.67 Å². The van der Waals surface area contributed by atoms with Gasteiger partial charge in [-0.1, -0.05) is 0 Å². The highest BCUT2D eigenvalue weighted by atomic mass is 19.1. The molecule has 0 spiro atoms. The first-order valence-electron chi connectivity index (χ1n) is 3.14. The summed E-state index contributed by atoms with van der Waals surface area (Å²) in [4.78, 5) is 0. The van der Waals surface area contributed by atoms with E-state index in [-0.39, 0.29) is 12.6 Å². The minimum absolute atomic E-state index is 0.170. The van der Waals surface area contributed by atoms with E-state index < -0.39 is 0 Å². The van der Waals surface area contributed by atoms with Crippen LogP contribution in [-0.2, 0) is 0 Å². The lowest BCUT2D eigenvalue weighted by atomic mass is 9.90. The second-order valence-electron chi connectivity index (χ2n) is 2.25. The van der Waals surface area contributed by atoms with Crippen molar-refractivity contribution in [1.82, 2.24) is 0 Å². The van der Waals surface area contributed by atoms with Gasteiger partial charge in [0, 0.05) is 0 Å². The number of hydrogen-bond acceptors (Lipinski definition) is 0. The molecule has 1 unspecified atom stereocenters. The Morgan fingerprint density at radius 2 is 2.38 bits per heavy atom. The molecule has 1 atom stereocenters. The topological polar surface area (TPSA) is 0 Å². The van der Waals surface area contributed by atoms with Crippen molar-refractivity contribution in [2.75, 3.05) is 6.67 Å². The molecule has 0 nitrogen and oxygen atoms in total. The normalized spacial score (nSPS) is 23.6. The van der Waals surface area contributed by atoms with Crippen LogP contribution in [0, 0.1) is 18.8 Å². The fourth-order valence-electron chi connectivity index (χ4n) is 1.00. The van der Waals surface area contributed by atoms with Gasteiger partial charge in [-0.2, -0.15) is 0 Å². The molecular formula is C7H11F. The third-order valence-corrected chi connectivity index (χ3v) is 1.54. The smallest absolute Gasteiger partial charge is 0.0925 e. The van der Waals surface area contributed by atoms with Gasteiger partial charge >= 0.3 is 0 Å². The molecule has 1 fully saturated rings. The largest absolute Gasteiger partial charge is 0.251 e. The first kappa shape index (κ1) is 6.06. The van der Waals surface area contributed by atoms with Crippen molar-refractivity contribution in [3.05, 3.63) is 12.8 Å². The Kier molecular flexibility index (Phi) is 2.31. The Bertz CT molecular complexity index is 55.4. The van der Waals surface area contributed by atoms with Gasteiger partial charge in [0.25, 0.3) is 0 Å². The van der Waals surface area contributed by atoms with E-state index in [0.717, 1.165) is 19.3 Å². The summed E-state index contributed by atoms with van der Waals surface area (Å²) in [6.45, 7) is -0.170. The van der Waals surface area contributed by atoms with Gasteiger partial charge in [-0.25, -0.2) is 0 Å². The molecule has 0 aliphatic heterocycles. The molecule has 1 rings (SSSR count). The van der Waals surface area contributed by atoms with E-state index in [1.165, 1.54) is 0 Å². The Labute approximate surface area is 50.1 Å².